The Morgan fingerprint density at radius 2 is 2.09 bits per heavy atom. The molecule has 0 spiro atoms. The van der Waals surface area contributed by atoms with Crippen LogP contribution in [0.1, 0.15) is 13.3 Å². The van der Waals surface area contributed by atoms with Crippen LogP contribution >= 0.6 is 0 Å². The lowest BCUT2D eigenvalue weighted by atomic mass is 10.5. The highest BCUT2D eigenvalue weighted by molar-refractivity contribution is 7.89. The molecular weight excluding hydrogens is 166 g/mol. The monoisotopic (exact) mass is 181 g/mol. The molecule has 4 nitrogen and oxygen atoms in total. The van der Waals surface area contributed by atoms with E-state index in [0.29, 0.717) is 19.6 Å². The van der Waals surface area contributed by atoms with Crippen molar-refractivity contribution in [3.05, 3.63) is 0 Å². The second kappa shape index (κ2) is 5.51. The van der Waals surface area contributed by atoms with Gasteiger partial charge in [-0.25, -0.2) is 13.1 Å². The van der Waals surface area contributed by atoms with E-state index in [1.54, 1.807) is 0 Å². The number of hydrogen-bond acceptors (Lipinski definition) is 3. The quantitative estimate of drug-likeness (QED) is 0.585. The molecule has 0 aromatic rings. The van der Waals surface area contributed by atoms with Crippen LogP contribution in [0.5, 0.6) is 0 Å². The van der Waals surface area contributed by atoms with Crippen LogP contribution in [0.25, 0.3) is 0 Å². The summed E-state index contributed by atoms with van der Waals surface area (Å²) in [6.45, 7) is 3.03. The summed E-state index contributed by atoms with van der Waals surface area (Å²) < 4.78 is 28.8. The average molecular weight is 181 g/mol. The zero-order valence-electron chi connectivity index (χ0n) is 6.96. The number of nitrogens with one attached hydrogen (secondary N) is 1. The Balaban J connectivity index is 3.39. The topological polar surface area (TPSA) is 55.4 Å². The number of sulfonamides is 1. The van der Waals surface area contributed by atoms with Crippen LogP contribution in [0, 0.1) is 0 Å². The van der Waals surface area contributed by atoms with Gasteiger partial charge in [0.25, 0.3) is 0 Å². The lowest BCUT2D eigenvalue weighted by Crippen LogP contribution is -2.22. The number of ether oxygens (including phenoxy) is 1. The summed E-state index contributed by atoms with van der Waals surface area (Å²) in [7, 11) is -1.62. The molecule has 0 aliphatic heterocycles. The maximum atomic E-state index is 10.8. The second-order valence-corrected chi connectivity index (χ2v) is 4.12. The van der Waals surface area contributed by atoms with Crippen molar-refractivity contribution < 1.29 is 13.2 Å². The minimum atomic E-state index is -3.03. The Labute approximate surface area is 68.0 Å². The molecule has 0 aromatic heterocycles. The molecule has 1 N–H and O–H groups in total. The van der Waals surface area contributed by atoms with E-state index in [9.17, 15) is 8.42 Å². The first-order valence-electron chi connectivity index (χ1n) is 3.61. The van der Waals surface area contributed by atoms with Crippen LogP contribution in [-0.4, -0.2) is 34.4 Å². The first-order valence-corrected chi connectivity index (χ1v) is 5.26. The first kappa shape index (κ1) is 10.9. The molecular formula is C6H15NO3S. The van der Waals surface area contributed by atoms with Crippen molar-refractivity contribution in [2.45, 2.75) is 13.3 Å². The van der Waals surface area contributed by atoms with E-state index in [1.165, 1.54) is 7.05 Å². The Bertz CT molecular complexity index is 176. The van der Waals surface area contributed by atoms with Gasteiger partial charge in [0.15, 0.2) is 0 Å². The minimum Gasteiger partial charge on any atom is -0.382 e. The summed E-state index contributed by atoms with van der Waals surface area (Å²) in [6, 6.07) is 0. The third kappa shape index (κ3) is 6.28. The van der Waals surface area contributed by atoms with Crippen molar-refractivity contribution in [3.8, 4) is 0 Å². The van der Waals surface area contributed by atoms with Crippen molar-refractivity contribution in [2.24, 2.45) is 0 Å². The first-order chi connectivity index (χ1) is 5.12. The van der Waals surface area contributed by atoms with Gasteiger partial charge in [0, 0.05) is 13.2 Å². The van der Waals surface area contributed by atoms with E-state index < -0.39 is 10.0 Å². The van der Waals surface area contributed by atoms with Crippen LogP contribution < -0.4 is 4.72 Å². The fourth-order valence-electron chi connectivity index (χ4n) is 0.597. The molecule has 0 fully saturated rings. The Morgan fingerprint density at radius 1 is 1.45 bits per heavy atom. The molecule has 5 heteroatoms. The fourth-order valence-corrected chi connectivity index (χ4v) is 1.30. The second-order valence-electron chi connectivity index (χ2n) is 2.07. The van der Waals surface area contributed by atoms with Crippen LogP contribution in [0.4, 0.5) is 0 Å². The third-order valence-corrected chi connectivity index (χ3v) is 2.67. The minimum absolute atomic E-state index is 0.142. The normalized spacial score (nSPS) is 11.8. The largest absolute Gasteiger partial charge is 0.382 e. The van der Waals surface area contributed by atoms with Gasteiger partial charge in [-0.3, -0.25) is 0 Å². The zero-order valence-corrected chi connectivity index (χ0v) is 7.78. The molecule has 0 radical (unpaired) electrons. The maximum Gasteiger partial charge on any atom is 0.211 e. The molecule has 0 atom stereocenters. The molecule has 68 valence electrons. The molecule has 0 amide bonds. The van der Waals surface area contributed by atoms with E-state index >= 15 is 0 Å². The van der Waals surface area contributed by atoms with Crippen molar-refractivity contribution in [2.75, 3.05) is 26.0 Å². The van der Waals surface area contributed by atoms with Crippen molar-refractivity contribution in [1.82, 2.24) is 4.72 Å². The molecule has 0 aliphatic carbocycles. The summed E-state index contributed by atoms with van der Waals surface area (Å²) in [5.74, 6) is 0.142. The van der Waals surface area contributed by atoms with E-state index in [4.69, 9.17) is 4.74 Å². The van der Waals surface area contributed by atoms with Crippen molar-refractivity contribution in [1.29, 1.82) is 0 Å². The highest BCUT2D eigenvalue weighted by Crippen LogP contribution is 1.88. The lowest BCUT2D eigenvalue weighted by molar-refractivity contribution is 0.148. The highest BCUT2D eigenvalue weighted by atomic mass is 32.2. The van der Waals surface area contributed by atoms with Crippen LogP contribution in [0.2, 0.25) is 0 Å². The van der Waals surface area contributed by atoms with Crippen LogP contribution in [-0.2, 0) is 14.8 Å². The summed E-state index contributed by atoms with van der Waals surface area (Å²) in [5.41, 5.74) is 0. The van der Waals surface area contributed by atoms with Gasteiger partial charge in [-0.05, 0) is 20.4 Å². The third-order valence-electron chi connectivity index (χ3n) is 1.22. The Kier molecular flexibility index (Phi) is 5.45. The van der Waals surface area contributed by atoms with Crippen molar-refractivity contribution in [3.63, 3.8) is 0 Å². The van der Waals surface area contributed by atoms with Crippen molar-refractivity contribution >= 4 is 10.0 Å². The maximum absolute atomic E-state index is 10.8. The zero-order chi connectivity index (χ0) is 8.74. The van der Waals surface area contributed by atoms with Crippen LogP contribution in [0.3, 0.4) is 0 Å². The lowest BCUT2D eigenvalue weighted by Gasteiger charge is -2.01. The van der Waals surface area contributed by atoms with E-state index in [2.05, 4.69) is 4.72 Å². The van der Waals surface area contributed by atoms with Gasteiger partial charge in [-0.1, -0.05) is 0 Å². The smallest absolute Gasteiger partial charge is 0.211 e. The predicted molar refractivity (Wildman–Crippen MR) is 44.0 cm³/mol. The van der Waals surface area contributed by atoms with E-state index in [1.807, 2.05) is 6.92 Å². The Hall–Kier alpha value is -0.130. The predicted octanol–water partition coefficient (Wildman–Crippen LogP) is -0.0378. The SMILES string of the molecule is CCOCCCS(=O)(=O)NC. The molecule has 0 saturated carbocycles. The molecule has 0 bridgehead atoms. The number of rotatable bonds is 6. The Morgan fingerprint density at radius 3 is 2.55 bits per heavy atom. The summed E-state index contributed by atoms with van der Waals surface area (Å²) >= 11 is 0. The molecule has 0 heterocycles. The molecule has 0 saturated heterocycles. The van der Waals surface area contributed by atoms with E-state index in [0.717, 1.165) is 0 Å². The molecule has 0 unspecified atom stereocenters. The standard InChI is InChI=1S/C6H15NO3S/c1-3-10-5-4-6-11(8,9)7-2/h7H,3-6H2,1-2H3. The molecule has 0 aliphatic rings. The summed E-state index contributed by atoms with van der Waals surface area (Å²) in [5, 5.41) is 0. The van der Waals surface area contributed by atoms with Gasteiger partial charge in [0.1, 0.15) is 0 Å². The van der Waals surface area contributed by atoms with Gasteiger partial charge in [0.2, 0.25) is 10.0 Å². The van der Waals surface area contributed by atoms with Crippen LogP contribution in [0.15, 0.2) is 0 Å². The van der Waals surface area contributed by atoms with Gasteiger partial charge >= 0.3 is 0 Å². The molecule has 0 rings (SSSR count). The summed E-state index contributed by atoms with van der Waals surface area (Å²) in [6.07, 6.45) is 0.553. The van der Waals surface area contributed by atoms with E-state index in [-0.39, 0.29) is 5.75 Å². The summed E-state index contributed by atoms with van der Waals surface area (Å²) in [4.78, 5) is 0. The fraction of sp³-hybridized carbons (Fsp3) is 1.00. The van der Waals surface area contributed by atoms with Gasteiger partial charge < -0.3 is 4.74 Å². The van der Waals surface area contributed by atoms with Gasteiger partial charge in [-0.2, -0.15) is 0 Å². The van der Waals surface area contributed by atoms with Gasteiger partial charge in [-0.15, -0.1) is 0 Å². The highest BCUT2D eigenvalue weighted by Gasteiger charge is 2.04. The van der Waals surface area contributed by atoms with Gasteiger partial charge in [0.05, 0.1) is 5.75 Å². The number of hydrogen-bond donors (Lipinski definition) is 1. The molecule has 11 heavy (non-hydrogen) atoms. The average Bonchev–Trinajstić information content (AvgIpc) is 1.99. The molecule has 0 aromatic carbocycles.